The van der Waals surface area contributed by atoms with Crippen molar-refractivity contribution < 1.29 is 4.79 Å². The monoisotopic (exact) mass is 270 g/mol. The normalized spacial score (nSPS) is 9.95. The molecule has 0 saturated heterocycles. The van der Waals surface area contributed by atoms with Crippen molar-refractivity contribution in [1.29, 1.82) is 0 Å². The van der Waals surface area contributed by atoms with Gasteiger partial charge in [0.05, 0.1) is 17.4 Å². The summed E-state index contributed by atoms with van der Waals surface area (Å²) in [5, 5.41) is 5.84. The highest BCUT2D eigenvalue weighted by atomic mass is 16.1. The van der Waals surface area contributed by atoms with Gasteiger partial charge in [0, 0.05) is 26.8 Å². The van der Waals surface area contributed by atoms with Gasteiger partial charge in [-0.25, -0.2) is 4.98 Å². The average Bonchev–Trinajstić information content (AvgIpc) is 2.47. The molecule has 104 valence electrons. The Hall–Kier alpha value is -2.56. The van der Waals surface area contributed by atoms with Crippen LogP contribution in [0, 0.1) is 0 Å². The second-order valence-corrected chi connectivity index (χ2v) is 4.55. The largest absolute Gasteiger partial charge is 0.387 e. The van der Waals surface area contributed by atoms with Crippen LogP contribution in [-0.4, -0.2) is 32.0 Å². The van der Waals surface area contributed by atoms with Gasteiger partial charge in [0.25, 0.3) is 5.91 Å². The number of amides is 1. The number of para-hydroxylation sites is 1. The molecule has 2 aromatic rings. The summed E-state index contributed by atoms with van der Waals surface area (Å²) in [7, 11) is 5.63. The summed E-state index contributed by atoms with van der Waals surface area (Å²) in [5.41, 5.74) is 2.07. The Balaban J connectivity index is 2.15. The summed E-state index contributed by atoms with van der Waals surface area (Å²) in [5.74, 6) is 0.688. The van der Waals surface area contributed by atoms with Gasteiger partial charge in [-0.2, -0.15) is 0 Å². The summed E-state index contributed by atoms with van der Waals surface area (Å²) < 4.78 is 0. The van der Waals surface area contributed by atoms with E-state index < -0.39 is 0 Å². The standard InChI is InChI=1S/C15H18N4O/c1-16-13-7-5-4-6-12(13)15(20)18-11-8-9-14(17-10-11)19(2)3/h4-10,16H,1-3H3,(H,18,20). The lowest BCUT2D eigenvalue weighted by atomic mass is 10.1. The molecule has 0 unspecified atom stereocenters. The molecule has 0 fully saturated rings. The molecule has 0 spiro atoms. The Kier molecular flexibility index (Phi) is 4.20. The zero-order valence-electron chi connectivity index (χ0n) is 11.8. The topological polar surface area (TPSA) is 57.3 Å². The highest BCUT2D eigenvalue weighted by Gasteiger charge is 2.10. The van der Waals surface area contributed by atoms with Gasteiger partial charge in [0.2, 0.25) is 0 Å². The van der Waals surface area contributed by atoms with Gasteiger partial charge in [0.15, 0.2) is 0 Å². The molecule has 1 aromatic carbocycles. The van der Waals surface area contributed by atoms with Crippen LogP contribution < -0.4 is 15.5 Å². The number of rotatable bonds is 4. The van der Waals surface area contributed by atoms with E-state index in [1.54, 1.807) is 19.3 Å². The van der Waals surface area contributed by atoms with E-state index in [-0.39, 0.29) is 5.91 Å². The molecular formula is C15H18N4O. The Morgan fingerprint density at radius 2 is 1.90 bits per heavy atom. The maximum Gasteiger partial charge on any atom is 0.257 e. The van der Waals surface area contributed by atoms with Crippen LogP contribution in [0.2, 0.25) is 0 Å². The van der Waals surface area contributed by atoms with Gasteiger partial charge in [-0.15, -0.1) is 0 Å². The second-order valence-electron chi connectivity index (χ2n) is 4.55. The predicted octanol–water partition coefficient (Wildman–Crippen LogP) is 2.44. The third kappa shape index (κ3) is 3.06. The summed E-state index contributed by atoms with van der Waals surface area (Å²) >= 11 is 0. The number of benzene rings is 1. The van der Waals surface area contributed by atoms with Gasteiger partial charge < -0.3 is 15.5 Å². The molecule has 20 heavy (non-hydrogen) atoms. The molecule has 2 rings (SSSR count). The van der Waals surface area contributed by atoms with E-state index in [0.29, 0.717) is 11.3 Å². The molecule has 0 aliphatic carbocycles. The number of carbonyl (C=O) groups is 1. The lowest BCUT2D eigenvalue weighted by Crippen LogP contribution is -2.15. The Morgan fingerprint density at radius 3 is 2.50 bits per heavy atom. The molecule has 5 heteroatoms. The minimum atomic E-state index is -0.158. The predicted molar refractivity (Wildman–Crippen MR) is 82.5 cm³/mol. The number of nitrogens with zero attached hydrogens (tertiary/aromatic N) is 2. The Labute approximate surface area is 118 Å². The highest BCUT2D eigenvalue weighted by Crippen LogP contribution is 2.17. The van der Waals surface area contributed by atoms with Crippen LogP contribution in [0.15, 0.2) is 42.6 Å². The van der Waals surface area contributed by atoms with Gasteiger partial charge in [0.1, 0.15) is 5.82 Å². The molecule has 0 radical (unpaired) electrons. The van der Waals surface area contributed by atoms with E-state index in [0.717, 1.165) is 11.5 Å². The molecular weight excluding hydrogens is 252 g/mol. The first kappa shape index (κ1) is 13.9. The first-order chi connectivity index (χ1) is 9.61. The van der Waals surface area contributed by atoms with Crippen LogP contribution in [-0.2, 0) is 0 Å². The molecule has 1 aromatic heterocycles. The number of nitrogens with one attached hydrogen (secondary N) is 2. The van der Waals surface area contributed by atoms with Crippen molar-refractivity contribution in [2.45, 2.75) is 0 Å². The number of hydrogen-bond acceptors (Lipinski definition) is 4. The third-order valence-corrected chi connectivity index (χ3v) is 2.90. The van der Waals surface area contributed by atoms with Crippen molar-refractivity contribution in [2.75, 3.05) is 36.7 Å². The lowest BCUT2D eigenvalue weighted by Gasteiger charge is -2.12. The molecule has 0 aliphatic rings. The van der Waals surface area contributed by atoms with E-state index in [9.17, 15) is 4.79 Å². The number of pyridine rings is 1. The quantitative estimate of drug-likeness (QED) is 0.896. The fourth-order valence-electron chi connectivity index (χ4n) is 1.82. The van der Waals surface area contributed by atoms with Crippen LogP contribution in [0.25, 0.3) is 0 Å². The van der Waals surface area contributed by atoms with Crippen LogP contribution in [0.5, 0.6) is 0 Å². The molecule has 1 heterocycles. The van der Waals surface area contributed by atoms with Crippen molar-refractivity contribution >= 4 is 23.1 Å². The van der Waals surface area contributed by atoms with Crippen LogP contribution in [0.1, 0.15) is 10.4 Å². The molecule has 0 aliphatic heterocycles. The van der Waals surface area contributed by atoms with Crippen molar-refractivity contribution in [3.63, 3.8) is 0 Å². The molecule has 2 N–H and O–H groups in total. The minimum Gasteiger partial charge on any atom is -0.387 e. The number of carbonyl (C=O) groups excluding carboxylic acids is 1. The average molecular weight is 270 g/mol. The first-order valence-electron chi connectivity index (χ1n) is 6.33. The zero-order chi connectivity index (χ0) is 14.5. The smallest absolute Gasteiger partial charge is 0.257 e. The summed E-state index contributed by atoms with van der Waals surface area (Å²) in [6.07, 6.45) is 1.65. The fraction of sp³-hybridized carbons (Fsp3) is 0.200. The van der Waals surface area contributed by atoms with Gasteiger partial charge in [-0.05, 0) is 24.3 Å². The summed E-state index contributed by atoms with van der Waals surface area (Å²) in [6.45, 7) is 0. The van der Waals surface area contributed by atoms with Crippen molar-refractivity contribution in [2.24, 2.45) is 0 Å². The van der Waals surface area contributed by atoms with Crippen LogP contribution >= 0.6 is 0 Å². The zero-order valence-corrected chi connectivity index (χ0v) is 11.8. The second kappa shape index (κ2) is 6.06. The Bertz CT molecular complexity index is 593. The van der Waals surface area contributed by atoms with Gasteiger partial charge in [-0.3, -0.25) is 4.79 Å². The number of anilines is 3. The van der Waals surface area contributed by atoms with E-state index in [1.165, 1.54) is 0 Å². The summed E-state index contributed by atoms with van der Waals surface area (Å²) in [6, 6.07) is 11.1. The number of aromatic nitrogens is 1. The van der Waals surface area contributed by atoms with Crippen LogP contribution in [0.3, 0.4) is 0 Å². The van der Waals surface area contributed by atoms with E-state index >= 15 is 0 Å². The van der Waals surface area contributed by atoms with E-state index in [1.807, 2.05) is 49.3 Å². The molecule has 0 atom stereocenters. The third-order valence-electron chi connectivity index (χ3n) is 2.90. The lowest BCUT2D eigenvalue weighted by molar-refractivity contribution is 0.102. The first-order valence-corrected chi connectivity index (χ1v) is 6.33. The minimum absolute atomic E-state index is 0.158. The Morgan fingerprint density at radius 1 is 1.15 bits per heavy atom. The van der Waals surface area contributed by atoms with Crippen LogP contribution in [0.4, 0.5) is 17.2 Å². The van der Waals surface area contributed by atoms with Gasteiger partial charge >= 0.3 is 0 Å². The fourth-order valence-corrected chi connectivity index (χ4v) is 1.82. The molecule has 0 saturated carbocycles. The van der Waals surface area contributed by atoms with E-state index in [2.05, 4.69) is 15.6 Å². The van der Waals surface area contributed by atoms with Crippen molar-refractivity contribution in [3.8, 4) is 0 Å². The van der Waals surface area contributed by atoms with E-state index in [4.69, 9.17) is 0 Å². The molecule has 1 amide bonds. The van der Waals surface area contributed by atoms with Gasteiger partial charge in [-0.1, -0.05) is 12.1 Å². The maximum atomic E-state index is 12.2. The number of hydrogen-bond donors (Lipinski definition) is 2. The SMILES string of the molecule is CNc1ccccc1C(=O)Nc1ccc(N(C)C)nc1. The molecule has 5 nitrogen and oxygen atoms in total. The highest BCUT2D eigenvalue weighted by molar-refractivity contribution is 6.07. The van der Waals surface area contributed by atoms with Crippen molar-refractivity contribution in [3.05, 3.63) is 48.2 Å². The maximum absolute atomic E-state index is 12.2. The molecule has 0 bridgehead atoms. The summed E-state index contributed by atoms with van der Waals surface area (Å²) in [4.78, 5) is 18.4. The van der Waals surface area contributed by atoms with Crippen molar-refractivity contribution in [1.82, 2.24) is 4.98 Å².